The van der Waals surface area contributed by atoms with E-state index in [1.165, 1.54) is 11.6 Å². The molecule has 0 unspecified atom stereocenters. The number of carbonyl (C=O) groups excluding carboxylic acids is 1. The van der Waals surface area contributed by atoms with Gasteiger partial charge in [-0.3, -0.25) is 9.69 Å². The largest absolute Gasteiger partial charge is 0.497 e. The molecule has 1 aliphatic heterocycles. The monoisotopic (exact) mass is 384 g/mol. The Bertz CT molecular complexity index is 773. The number of hydrogen-bond donors (Lipinski definition) is 1. The van der Waals surface area contributed by atoms with Gasteiger partial charge in [0.1, 0.15) is 11.6 Å². The maximum atomic E-state index is 13.8. The average Bonchev–Trinajstić information content (AvgIpc) is 2.73. The van der Waals surface area contributed by atoms with Crippen molar-refractivity contribution in [3.05, 3.63) is 65.5 Å². The van der Waals surface area contributed by atoms with Crippen molar-refractivity contribution in [2.24, 2.45) is 5.92 Å². The van der Waals surface area contributed by atoms with Crippen molar-refractivity contribution < 1.29 is 13.9 Å². The van der Waals surface area contributed by atoms with Gasteiger partial charge in [0.05, 0.1) is 7.11 Å². The van der Waals surface area contributed by atoms with Gasteiger partial charge in [0.25, 0.3) is 0 Å². The summed E-state index contributed by atoms with van der Waals surface area (Å²) >= 11 is 0. The van der Waals surface area contributed by atoms with E-state index in [0.717, 1.165) is 50.1 Å². The quantitative estimate of drug-likeness (QED) is 0.704. The first-order valence-electron chi connectivity index (χ1n) is 10.0. The van der Waals surface area contributed by atoms with Gasteiger partial charge in [-0.2, -0.15) is 0 Å². The molecule has 4 nitrogen and oxygen atoms in total. The van der Waals surface area contributed by atoms with Gasteiger partial charge in [-0.1, -0.05) is 30.3 Å². The topological polar surface area (TPSA) is 41.6 Å². The van der Waals surface area contributed by atoms with Crippen LogP contribution in [0, 0.1) is 11.7 Å². The van der Waals surface area contributed by atoms with Crippen LogP contribution < -0.4 is 10.1 Å². The lowest BCUT2D eigenvalue weighted by Crippen LogP contribution is -2.40. The molecule has 0 aliphatic carbocycles. The van der Waals surface area contributed by atoms with Crippen LogP contribution in [-0.2, 0) is 17.8 Å². The molecule has 5 heteroatoms. The molecule has 0 atom stereocenters. The van der Waals surface area contributed by atoms with Crippen LogP contribution in [0.15, 0.2) is 48.5 Å². The van der Waals surface area contributed by atoms with E-state index in [-0.39, 0.29) is 17.6 Å². The zero-order valence-electron chi connectivity index (χ0n) is 16.5. The second-order valence-corrected chi connectivity index (χ2v) is 7.39. The lowest BCUT2D eigenvalue weighted by Gasteiger charge is -2.31. The van der Waals surface area contributed by atoms with Crippen molar-refractivity contribution in [3.8, 4) is 5.75 Å². The van der Waals surface area contributed by atoms with Gasteiger partial charge >= 0.3 is 0 Å². The summed E-state index contributed by atoms with van der Waals surface area (Å²) in [6.07, 6.45) is 3.48. The molecule has 3 rings (SSSR count). The Morgan fingerprint density at radius 2 is 1.96 bits per heavy atom. The van der Waals surface area contributed by atoms with E-state index < -0.39 is 0 Å². The third-order valence-electron chi connectivity index (χ3n) is 5.39. The van der Waals surface area contributed by atoms with Crippen molar-refractivity contribution in [1.29, 1.82) is 0 Å². The van der Waals surface area contributed by atoms with Crippen LogP contribution in [0.2, 0.25) is 0 Å². The minimum Gasteiger partial charge on any atom is -0.497 e. The Morgan fingerprint density at radius 3 is 2.71 bits per heavy atom. The molecule has 2 aromatic carbocycles. The molecule has 1 heterocycles. The van der Waals surface area contributed by atoms with Gasteiger partial charge in [-0.05, 0) is 62.5 Å². The fourth-order valence-corrected chi connectivity index (χ4v) is 3.70. The van der Waals surface area contributed by atoms with E-state index in [9.17, 15) is 9.18 Å². The summed E-state index contributed by atoms with van der Waals surface area (Å²) in [6, 6.07) is 14.9. The summed E-state index contributed by atoms with van der Waals surface area (Å²) in [6.45, 7) is 2.96. The van der Waals surface area contributed by atoms with E-state index >= 15 is 0 Å². The highest BCUT2D eigenvalue weighted by molar-refractivity contribution is 5.78. The van der Waals surface area contributed by atoms with E-state index in [0.29, 0.717) is 13.1 Å². The number of halogens is 1. The minimum absolute atomic E-state index is 0.0636. The lowest BCUT2D eigenvalue weighted by atomic mass is 9.95. The van der Waals surface area contributed by atoms with E-state index in [1.807, 2.05) is 30.3 Å². The molecule has 0 saturated carbocycles. The second-order valence-electron chi connectivity index (χ2n) is 7.39. The Labute approximate surface area is 166 Å². The van der Waals surface area contributed by atoms with Gasteiger partial charge in [-0.25, -0.2) is 4.39 Å². The van der Waals surface area contributed by atoms with Crippen LogP contribution in [-0.4, -0.2) is 37.6 Å². The fourth-order valence-electron chi connectivity index (χ4n) is 3.70. The van der Waals surface area contributed by atoms with Gasteiger partial charge in [0.15, 0.2) is 0 Å². The Kier molecular flexibility index (Phi) is 7.43. The van der Waals surface area contributed by atoms with E-state index in [2.05, 4.69) is 16.3 Å². The summed E-state index contributed by atoms with van der Waals surface area (Å²) in [5, 5.41) is 3.08. The highest BCUT2D eigenvalue weighted by Gasteiger charge is 2.25. The number of methoxy groups -OCH3 is 1. The highest BCUT2D eigenvalue weighted by atomic mass is 19.1. The summed E-state index contributed by atoms with van der Waals surface area (Å²) in [5.41, 5.74) is 1.94. The average molecular weight is 384 g/mol. The Balaban J connectivity index is 1.35. The van der Waals surface area contributed by atoms with E-state index in [1.54, 1.807) is 13.2 Å². The third kappa shape index (κ3) is 5.80. The highest BCUT2D eigenvalue weighted by Crippen LogP contribution is 2.20. The molecular formula is C23H29FN2O2. The predicted octanol–water partition coefficient (Wildman–Crippen LogP) is 3.80. The molecule has 0 aromatic heterocycles. The van der Waals surface area contributed by atoms with Crippen molar-refractivity contribution >= 4 is 5.91 Å². The fraction of sp³-hybridized carbons (Fsp3) is 0.435. The van der Waals surface area contributed by atoms with Crippen molar-refractivity contribution in [3.63, 3.8) is 0 Å². The number of carbonyl (C=O) groups is 1. The molecule has 0 bridgehead atoms. The maximum Gasteiger partial charge on any atom is 0.223 e. The first-order valence-corrected chi connectivity index (χ1v) is 10.0. The number of aryl methyl sites for hydroxylation is 1. The standard InChI is InChI=1S/C23H29FN2O2/c1-28-21-9-4-6-18(16-21)7-5-13-25-23(27)19-11-14-26(15-12-19)17-20-8-2-3-10-22(20)24/h2-4,6,8-10,16,19H,5,7,11-15,17H2,1H3,(H,25,27). The van der Waals surface area contributed by atoms with Crippen LogP contribution >= 0.6 is 0 Å². The number of piperidine rings is 1. The molecular weight excluding hydrogens is 355 g/mol. The Hall–Kier alpha value is -2.40. The zero-order chi connectivity index (χ0) is 19.8. The molecule has 150 valence electrons. The van der Waals surface area contributed by atoms with Crippen LogP contribution in [0.1, 0.15) is 30.4 Å². The summed E-state index contributed by atoms with van der Waals surface area (Å²) < 4.78 is 19.0. The molecule has 0 radical (unpaired) electrons. The maximum absolute atomic E-state index is 13.8. The first-order chi connectivity index (χ1) is 13.7. The summed E-state index contributed by atoms with van der Waals surface area (Å²) in [5.74, 6) is 0.923. The number of nitrogens with zero attached hydrogens (tertiary/aromatic N) is 1. The van der Waals surface area contributed by atoms with Crippen LogP contribution in [0.25, 0.3) is 0 Å². The SMILES string of the molecule is COc1cccc(CCCNC(=O)C2CCN(Cc3ccccc3F)CC2)c1. The van der Waals surface area contributed by atoms with Crippen molar-refractivity contribution in [1.82, 2.24) is 10.2 Å². The zero-order valence-corrected chi connectivity index (χ0v) is 16.5. The van der Waals surface area contributed by atoms with E-state index in [4.69, 9.17) is 4.74 Å². The number of benzene rings is 2. The molecule has 28 heavy (non-hydrogen) atoms. The molecule has 1 amide bonds. The van der Waals surface area contributed by atoms with Gasteiger partial charge in [-0.15, -0.1) is 0 Å². The second kappa shape index (κ2) is 10.2. The summed E-state index contributed by atoms with van der Waals surface area (Å²) in [7, 11) is 1.67. The van der Waals surface area contributed by atoms with Crippen LogP contribution in [0.5, 0.6) is 5.75 Å². The Morgan fingerprint density at radius 1 is 1.18 bits per heavy atom. The number of hydrogen-bond acceptors (Lipinski definition) is 3. The van der Waals surface area contributed by atoms with Gasteiger partial charge < -0.3 is 10.1 Å². The minimum atomic E-state index is -0.154. The number of nitrogens with one attached hydrogen (secondary N) is 1. The normalized spacial score (nSPS) is 15.4. The first kappa shape index (κ1) is 20.3. The lowest BCUT2D eigenvalue weighted by molar-refractivity contribution is -0.126. The molecule has 0 spiro atoms. The number of amides is 1. The van der Waals surface area contributed by atoms with Gasteiger partial charge in [0, 0.05) is 24.6 Å². The molecule has 1 N–H and O–H groups in total. The molecule has 1 saturated heterocycles. The molecule has 2 aromatic rings. The number of likely N-dealkylation sites (tertiary alicyclic amines) is 1. The number of ether oxygens (including phenoxy) is 1. The van der Waals surface area contributed by atoms with Crippen LogP contribution in [0.3, 0.4) is 0 Å². The van der Waals surface area contributed by atoms with Crippen LogP contribution in [0.4, 0.5) is 4.39 Å². The molecule has 1 fully saturated rings. The smallest absolute Gasteiger partial charge is 0.223 e. The van der Waals surface area contributed by atoms with Gasteiger partial charge in [0.2, 0.25) is 5.91 Å². The number of rotatable bonds is 8. The third-order valence-corrected chi connectivity index (χ3v) is 5.39. The molecule has 1 aliphatic rings. The van der Waals surface area contributed by atoms with Crippen molar-refractivity contribution in [2.75, 3.05) is 26.7 Å². The van der Waals surface area contributed by atoms with Crippen molar-refractivity contribution in [2.45, 2.75) is 32.2 Å². The predicted molar refractivity (Wildman–Crippen MR) is 109 cm³/mol. The summed E-state index contributed by atoms with van der Waals surface area (Å²) in [4.78, 5) is 14.6.